The maximum atomic E-state index is 11.2. The quantitative estimate of drug-likeness (QED) is 0.854. The molecule has 0 aliphatic carbocycles. The van der Waals surface area contributed by atoms with Crippen molar-refractivity contribution < 1.29 is 14.6 Å². The molecule has 0 heterocycles. The van der Waals surface area contributed by atoms with Crippen molar-refractivity contribution in [3.8, 4) is 5.75 Å². The van der Waals surface area contributed by atoms with Crippen LogP contribution in [0.4, 0.5) is 5.69 Å². The van der Waals surface area contributed by atoms with Gasteiger partial charge in [-0.15, -0.1) is 0 Å². The number of rotatable bonds is 6. The van der Waals surface area contributed by atoms with Crippen molar-refractivity contribution in [2.24, 2.45) is 0 Å². The number of methoxy groups -OCH3 is 1. The summed E-state index contributed by atoms with van der Waals surface area (Å²) in [5, 5.41) is 12.4. The maximum absolute atomic E-state index is 11.2. The largest absolute Gasteiger partial charge is 0.497 e. The number of hydrogen-bond acceptors (Lipinski definition) is 3. The van der Waals surface area contributed by atoms with E-state index in [4.69, 9.17) is 4.74 Å². The summed E-state index contributed by atoms with van der Waals surface area (Å²) in [7, 11) is 1.56. The number of aryl methyl sites for hydroxylation is 1. The summed E-state index contributed by atoms with van der Waals surface area (Å²) in [5.74, 6) is -0.311. The van der Waals surface area contributed by atoms with Gasteiger partial charge in [-0.1, -0.05) is 24.3 Å². The van der Waals surface area contributed by atoms with E-state index in [0.29, 0.717) is 18.0 Å². The summed E-state index contributed by atoms with van der Waals surface area (Å²) in [6, 6.07) is 13.1. The molecule has 0 fully saturated rings. The molecule has 0 radical (unpaired) electrons. The van der Waals surface area contributed by atoms with Crippen LogP contribution in [-0.4, -0.2) is 24.7 Å². The molecule has 0 saturated heterocycles. The first-order chi connectivity index (χ1) is 10.1. The van der Waals surface area contributed by atoms with Gasteiger partial charge in [-0.05, 0) is 36.6 Å². The van der Waals surface area contributed by atoms with Gasteiger partial charge >= 0.3 is 5.97 Å². The third kappa shape index (κ3) is 3.75. The van der Waals surface area contributed by atoms with Gasteiger partial charge in [0.05, 0.1) is 18.4 Å². The average molecular weight is 285 g/mol. The highest BCUT2D eigenvalue weighted by molar-refractivity contribution is 5.94. The molecule has 4 nitrogen and oxygen atoms in total. The van der Waals surface area contributed by atoms with Crippen LogP contribution in [0, 0.1) is 6.92 Å². The van der Waals surface area contributed by atoms with Gasteiger partial charge in [0.15, 0.2) is 0 Å². The number of carbonyl (C=O) groups is 1. The second-order valence-electron chi connectivity index (χ2n) is 4.82. The zero-order chi connectivity index (χ0) is 15.2. The minimum absolute atomic E-state index is 0.251. The van der Waals surface area contributed by atoms with Crippen LogP contribution in [0.25, 0.3) is 0 Å². The molecule has 21 heavy (non-hydrogen) atoms. The number of anilines is 1. The zero-order valence-corrected chi connectivity index (χ0v) is 12.2. The maximum Gasteiger partial charge on any atom is 0.337 e. The number of ether oxygens (including phenoxy) is 1. The molecule has 4 heteroatoms. The Kier molecular flexibility index (Phi) is 4.82. The van der Waals surface area contributed by atoms with Gasteiger partial charge < -0.3 is 15.2 Å². The molecule has 2 aromatic rings. The fraction of sp³-hybridized carbons (Fsp3) is 0.235. The Balaban J connectivity index is 2.08. The second kappa shape index (κ2) is 6.79. The molecule has 0 amide bonds. The Hall–Kier alpha value is -2.49. The summed E-state index contributed by atoms with van der Waals surface area (Å²) < 4.78 is 5.14. The van der Waals surface area contributed by atoms with Crippen molar-refractivity contribution in [3.63, 3.8) is 0 Å². The van der Waals surface area contributed by atoms with E-state index in [1.165, 1.54) is 11.1 Å². The van der Waals surface area contributed by atoms with E-state index in [1.807, 2.05) is 12.1 Å². The first-order valence-corrected chi connectivity index (χ1v) is 6.81. The number of hydrogen-bond donors (Lipinski definition) is 2. The minimum Gasteiger partial charge on any atom is -0.497 e. The van der Waals surface area contributed by atoms with Crippen LogP contribution in [0.3, 0.4) is 0 Å². The molecule has 0 unspecified atom stereocenters. The third-order valence-corrected chi connectivity index (χ3v) is 3.43. The van der Waals surface area contributed by atoms with Gasteiger partial charge in [0.25, 0.3) is 0 Å². The molecule has 110 valence electrons. The molecular weight excluding hydrogens is 266 g/mol. The normalized spacial score (nSPS) is 10.2. The SMILES string of the molecule is COc1ccc(C(=O)O)c(NCCc2ccccc2C)c1. The Bertz CT molecular complexity index is 638. The predicted molar refractivity (Wildman–Crippen MR) is 83.3 cm³/mol. The Morgan fingerprint density at radius 3 is 2.67 bits per heavy atom. The van der Waals surface area contributed by atoms with Gasteiger partial charge in [0.1, 0.15) is 5.75 Å². The van der Waals surface area contributed by atoms with E-state index in [-0.39, 0.29) is 5.56 Å². The van der Waals surface area contributed by atoms with Crippen LogP contribution in [0.2, 0.25) is 0 Å². The summed E-state index contributed by atoms with van der Waals surface area (Å²) in [4.78, 5) is 11.2. The Morgan fingerprint density at radius 1 is 1.24 bits per heavy atom. The van der Waals surface area contributed by atoms with E-state index in [2.05, 4.69) is 24.4 Å². The molecule has 0 saturated carbocycles. The summed E-state index contributed by atoms with van der Waals surface area (Å²) in [6.07, 6.45) is 0.836. The fourth-order valence-electron chi connectivity index (χ4n) is 2.21. The van der Waals surface area contributed by atoms with Gasteiger partial charge in [-0.2, -0.15) is 0 Å². The predicted octanol–water partition coefficient (Wildman–Crippen LogP) is 3.36. The van der Waals surface area contributed by atoms with E-state index in [1.54, 1.807) is 25.3 Å². The van der Waals surface area contributed by atoms with Crippen molar-refractivity contribution in [3.05, 3.63) is 59.2 Å². The lowest BCUT2D eigenvalue weighted by Gasteiger charge is -2.12. The first kappa shape index (κ1) is 14.9. The number of nitrogens with one attached hydrogen (secondary N) is 1. The van der Waals surface area contributed by atoms with Crippen LogP contribution < -0.4 is 10.1 Å². The van der Waals surface area contributed by atoms with E-state index < -0.39 is 5.97 Å². The topological polar surface area (TPSA) is 58.6 Å². The Morgan fingerprint density at radius 2 is 2.00 bits per heavy atom. The van der Waals surface area contributed by atoms with Gasteiger partial charge in [0.2, 0.25) is 0 Å². The van der Waals surface area contributed by atoms with Crippen LogP contribution >= 0.6 is 0 Å². The number of carboxylic acid groups (broad SMARTS) is 1. The van der Waals surface area contributed by atoms with Gasteiger partial charge in [0, 0.05) is 12.6 Å². The first-order valence-electron chi connectivity index (χ1n) is 6.81. The lowest BCUT2D eigenvalue weighted by Crippen LogP contribution is -2.10. The number of carboxylic acids is 1. The standard InChI is InChI=1S/C17H19NO3/c1-12-5-3-4-6-13(12)9-10-18-16-11-14(21-2)7-8-15(16)17(19)20/h3-8,11,18H,9-10H2,1-2H3,(H,19,20). The van der Waals surface area contributed by atoms with Crippen LogP contribution in [0.1, 0.15) is 21.5 Å². The van der Waals surface area contributed by atoms with E-state index in [0.717, 1.165) is 6.42 Å². The molecule has 0 aromatic heterocycles. The highest BCUT2D eigenvalue weighted by Gasteiger charge is 2.10. The van der Waals surface area contributed by atoms with E-state index >= 15 is 0 Å². The van der Waals surface area contributed by atoms with Crippen molar-refractivity contribution in [2.45, 2.75) is 13.3 Å². The van der Waals surface area contributed by atoms with E-state index in [9.17, 15) is 9.90 Å². The minimum atomic E-state index is -0.948. The molecule has 2 aromatic carbocycles. The molecule has 0 aliphatic rings. The number of benzene rings is 2. The number of aromatic carboxylic acids is 1. The molecule has 0 spiro atoms. The highest BCUT2D eigenvalue weighted by atomic mass is 16.5. The van der Waals surface area contributed by atoms with Crippen molar-refractivity contribution in [1.82, 2.24) is 0 Å². The average Bonchev–Trinajstić information content (AvgIpc) is 2.48. The molecular formula is C17H19NO3. The molecule has 0 bridgehead atoms. The lowest BCUT2D eigenvalue weighted by molar-refractivity contribution is 0.0698. The smallest absolute Gasteiger partial charge is 0.337 e. The van der Waals surface area contributed by atoms with Crippen molar-refractivity contribution in [2.75, 3.05) is 19.0 Å². The summed E-state index contributed by atoms with van der Waals surface area (Å²) in [6.45, 7) is 2.74. The summed E-state index contributed by atoms with van der Waals surface area (Å²) >= 11 is 0. The van der Waals surface area contributed by atoms with Crippen molar-refractivity contribution >= 4 is 11.7 Å². The van der Waals surface area contributed by atoms with Gasteiger partial charge in [-0.3, -0.25) is 0 Å². The van der Waals surface area contributed by atoms with Gasteiger partial charge in [-0.25, -0.2) is 4.79 Å². The molecule has 2 rings (SSSR count). The molecule has 0 aliphatic heterocycles. The monoisotopic (exact) mass is 285 g/mol. The van der Waals surface area contributed by atoms with Crippen LogP contribution in [0.5, 0.6) is 5.75 Å². The summed E-state index contributed by atoms with van der Waals surface area (Å²) in [5.41, 5.74) is 3.32. The third-order valence-electron chi connectivity index (χ3n) is 3.43. The fourth-order valence-corrected chi connectivity index (χ4v) is 2.21. The second-order valence-corrected chi connectivity index (χ2v) is 4.82. The Labute approximate surface area is 124 Å². The van der Waals surface area contributed by atoms with Crippen molar-refractivity contribution in [1.29, 1.82) is 0 Å². The van der Waals surface area contributed by atoms with Crippen LogP contribution in [0.15, 0.2) is 42.5 Å². The highest BCUT2D eigenvalue weighted by Crippen LogP contribution is 2.22. The lowest BCUT2D eigenvalue weighted by atomic mass is 10.1. The molecule has 2 N–H and O–H groups in total. The molecule has 0 atom stereocenters. The zero-order valence-electron chi connectivity index (χ0n) is 12.2. The van der Waals surface area contributed by atoms with Crippen LogP contribution in [-0.2, 0) is 6.42 Å².